The molecule has 2 N–H and O–H groups in total. The van der Waals surface area contributed by atoms with Gasteiger partial charge >= 0.3 is 0 Å². The van der Waals surface area contributed by atoms with Gasteiger partial charge in [-0.15, -0.1) is 6.58 Å². The highest BCUT2D eigenvalue weighted by Gasteiger charge is 2.20. The molecule has 0 aliphatic carbocycles. The van der Waals surface area contributed by atoms with Crippen LogP contribution in [-0.2, 0) is 25.6 Å². The zero-order valence-electron chi connectivity index (χ0n) is 15.4. The summed E-state index contributed by atoms with van der Waals surface area (Å²) in [4.78, 5) is 12.5. The molecule has 0 spiro atoms. The van der Waals surface area contributed by atoms with Crippen LogP contribution < -0.4 is 10.0 Å². The Hall–Kier alpha value is -2.49. The van der Waals surface area contributed by atoms with E-state index in [4.69, 9.17) is 0 Å². The average Bonchev–Trinajstić information content (AvgIpc) is 2.67. The molecular formula is C19H22N2O5S2. The number of sulfone groups is 1. The third-order valence-electron chi connectivity index (χ3n) is 3.86. The Bertz CT molecular complexity index is 1060. The van der Waals surface area contributed by atoms with E-state index in [-0.39, 0.29) is 28.5 Å². The van der Waals surface area contributed by atoms with Gasteiger partial charge in [0.25, 0.3) is 5.91 Å². The minimum absolute atomic E-state index is 0.0222. The molecule has 0 saturated carbocycles. The normalized spacial score (nSPS) is 11.8. The molecule has 9 heteroatoms. The van der Waals surface area contributed by atoms with Gasteiger partial charge in [0.2, 0.25) is 10.0 Å². The van der Waals surface area contributed by atoms with Gasteiger partial charge in [-0.3, -0.25) is 4.79 Å². The van der Waals surface area contributed by atoms with Gasteiger partial charge in [-0.1, -0.05) is 37.3 Å². The summed E-state index contributed by atoms with van der Waals surface area (Å²) in [6.45, 7) is 5.12. The van der Waals surface area contributed by atoms with E-state index in [9.17, 15) is 21.6 Å². The first-order valence-corrected chi connectivity index (χ1v) is 11.8. The molecule has 0 aromatic heterocycles. The molecule has 0 bridgehead atoms. The molecule has 0 unspecified atom stereocenters. The molecule has 2 aromatic carbocycles. The van der Waals surface area contributed by atoms with Crippen LogP contribution in [0.1, 0.15) is 22.8 Å². The van der Waals surface area contributed by atoms with Crippen molar-refractivity contribution in [2.24, 2.45) is 0 Å². The number of benzene rings is 2. The number of anilines is 1. The predicted octanol–water partition coefficient (Wildman–Crippen LogP) is 2.34. The van der Waals surface area contributed by atoms with Crippen LogP contribution in [0.3, 0.4) is 0 Å². The van der Waals surface area contributed by atoms with E-state index in [2.05, 4.69) is 16.6 Å². The highest BCUT2D eigenvalue weighted by molar-refractivity contribution is 7.91. The van der Waals surface area contributed by atoms with E-state index in [0.29, 0.717) is 11.3 Å². The molecule has 0 saturated heterocycles. The molecule has 150 valence electrons. The zero-order chi connectivity index (χ0) is 20.8. The lowest BCUT2D eigenvalue weighted by Gasteiger charge is -2.11. The van der Waals surface area contributed by atoms with Crippen molar-refractivity contribution >= 4 is 31.5 Å². The quantitative estimate of drug-likeness (QED) is 0.603. The fourth-order valence-corrected chi connectivity index (χ4v) is 4.62. The van der Waals surface area contributed by atoms with E-state index in [1.54, 1.807) is 36.4 Å². The topological polar surface area (TPSA) is 109 Å². The van der Waals surface area contributed by atoms with E-state index >= 15 is 0 Å². The second kappa shape index (κ2) is 9.13. The highest BCUT2D eigenvalue weighted by atomic mass is 32.2. The molecule has 0 atom stereocenters. The van der Waals surface area contributed by atoms with E-state index in [1.165, 1.54) is 25.1 Å². The molecule has 0 radical (unpaired) electrons. The summed E-state index contributed by atoms with van der Waals surface area (Å²) in [5.41, 5.74) is 1.03. The molecule has 0 aliphatic heterocycles. The molecule has 1 amide bonds. The van der Waals surface area contributed by atoms with Crippen LogP contribution >= 0.6 is 0 Å². The van der Waals surface area contributed by atoms with Crippen molar-refractivity contribution < 1.29 is 21.6 Å². The Kier molecular flexibility index (Phi) is 7.11. The first kappa shape index (κ1) is 21.8. The molecule has 2 aromatic rings. The van der Waals surface area contributed by atoms with E-state index < -0.39 is 25.8 Å². The SMILES string of the molecule is C=CCNS(=O)(=O)Cc1ccc(NC(=O)c2ccccc2S(=O)(=O)CC)cc1. The fraction of sp³-hybridized carbons (Fsp3) is 0.211. The summed E-state index contributed by atoms with van der Waals surface area (Å²) in [6, 6.07) is 12.3. The van der Waals surface area contributed by atoms with E-state index in [0.717, 1.165) is 0 Å². The van der Waals surface area contributed by atoms with Gasteiger partial charge in [0.1, 0.15) is 0 Å². The Balaban J connectivity index is 2.15. The summed E-state index contributed by atoms with van der Waals surface area (Å²) in [5.74, 6) is -0.867. The van der Waals surface area contributed by atoms with Gasteiger partial charge in [-0.05, 0) is 29.8 Å². The Morgan fingerprint density at radius 1 is 1.04 bits per heavy atom. The van der Waals surface area contributed by atoms with Gasteiger partial charge in [-0.2, -0.15) is 0 Å². The van der Waals surface area contributed by atoms with Gasteiger partial charge < -0.3 is 5.32 Å². The lowest BCUT2D eigenvalue weighted by atomic mass is 10.2. The molecule has 7 nitrogen and oxygen atoms in total. The Morgan fingerprint density at radius 2 is 1.68 bits per heavy atom. The summed E-state index contributed by atoms with van der Waals surface area (Å²) in [7, 11) is -7.02. The number of amides is 1. The van der Waals surface area contributed by atoms with Crippen molar-refractivity contribution in [2.75, 3.05) is 17.6 Å². The number of rotatable bonds is 9. The number of hydrogen-bond donors (Lipinski definition) is 2. The van der Waals surface area contributed by atoms with Crippen LogP contribution in [0, 0.1) is 0 Å². The Labute approximate surface area is 165 Å². The van der Waals surface area contributed by atoms with Crippen LogP contribution in [0.4, 0.5) is 5.69 Å². The fourth-order valence-electron chi connectivity index (χ4n) is 2.42. The molecule has 0 heterocycles. The second-order valence-electron chi connectivity index (χ2n) is 5.95. The van der Waals surface area contributed by atoms with Crippen LogP contribution in [0.25, 0.3) is 0 Å². The van der Waals surface area contributed by atoms with Crippen LogP contribution in [0.2, 0.25) is 0 Å². The minimum Gasteiger partial charge on any atom is -0.322 e. The molecule has 0 aliphatic rings. The highest BCUT2D eigenvalue weighted by Crippen LogP contribution is 2.19. The summed E-state index contributed by atoms with van der Waals surface area (Å²) >= 11 is 0. The van der Waals surface area contributed by atoms with Crippen molar-refractivity contribution in [1.82, 2.24) is 4.72 Å². The lowest BCUT2D eigenvalue weighted by molar-refractivity contribution is 0.102. The molecule has 2 rings (SSSR count). The maximum Gasteiger partial charge on any atom is 0.256 e. The minimum atomic E-state index is -3.54. The number of carbonyl (C=O) groups is 1. The van der Waals surface area contributed by atoms with Crippen LogP contribution in [0.15, 0.2) is 66.1 Å². The lowest BCUT2D eigenvalue weighted by Crippen LogP contribution is -2.25. The first-order chi connectivity index (χ1) is 13.2. The number of carbonyl (C=O) groups excluding carboxylic acids is 1. The number of nitrogens with one attached hydrogen (secondary N) is 2. The smallest absolute Gasteiger partial charge is 0.256 e. The zero-order valence-corrected chi connectivity index (χ0v) is 17.0. The summed E-state index contributed by atoms with van der Waals surface area (Å²) < 4.78 is 50.5. The van der Waals surface area contributed by atoms with E-state index in [1.807, 2.05) is 0 Å². The molecule has 28 heavy (non-hydrogen) atoms. The standard InChI is InChI=1S/C19H22N2O5S2/c1-3-13-20-28(25,26)14-15-9-11-16(12-10-15)21-19(22)17-7-5-6-8-18(17)27(23,24)4-2/h3,5-12,20H,1,4,13-14H2,2H3,(H,21,22). The van der Waals surface area contributed by atoms with Gasteiger partial charge in [0.15, 0.2) is 9.84 Å². The average molecular weight is 423 g/mol. The van der Waals surface area contributed by atoms with Crippen molar-refractivity contribution in [2.45, 2.75) is 17.6 Å². The van der Waals surface area contributed by atoms with Crippen molar-refractivity contribution in [1.29, 1.82) is 0 Å². The molecular weight excluding hydrogens is 400 g/mol. The monoisotopic (exact) mass is 422 g/mol. The van der Waals surface area contributed by atoms with Gasteiger partial charge in [0.05, 0.1) is 22.0 Å². The maximum absolute atomic E-state index is 12.5. The third-order valence-corrected chi connectivity index (χ3v) is 6.97. The third kappa shape index (κ3) is 5.75. The first-order valence-electron chi connectivity index (χ1n) is 8.49. The second-order valence-corrected chi connectivity index (χ2v) is 10.0. The summed E-state index contributed by atoms with van der Waals surface area (Å²) in [5, 5.41) is 2.64. The number of hydrogen-bond acceptors (Lipinski definition) is 5. The predicted molar refractivity (Wildman–Crippen MR) is 109 cm³/mol. The van der Waals surface area contributed by atoms with Crippen LogP contribution in [0.5, 0.6) is 0 Å². The van der Waals surface area contributed by atoms with Gasteiger partial charge in [0, 0.05) is 12.2 Å². The summed E-state index contributed by atoms with van der Waals surface area (Å²) in [6.07, 6.45) is 1.45. The largest absolute Gasteiger partial charge is 0.322 e. The number of sulfonamides is 1. The van der Waals surface area contributed by atoms with Crippen LogP contribution in [-0.4, -0.2) is 35.0 Å². The Morgan fingerprint density at radius 3 is 2.29 bits per heavy atom. The van der Waals surface area contributed by atoms with Crippen molar-refractivity contribution in [3.8, 4) is 0 Å². The van der Waals surface area contributed by atoms with Gasteiger partial charge in [-0.25, -0.2) is 21.6 Å². The maximum atomic E-state index is 12.5. The van der Waals surface area contributed by atoms with Crippen molar-refractivity contribution in [3.05, 3.63) is 72.3 Å². The molecule has 0 fully saturated rings. The van der Waals surface area contributed by atoms with Crippen molar-refractivity contribution in [3.63, 3.8) is 0 Å².